The standard InChI is InChI=1S/C27H37N3O3/c1-19-17-29(18-20(2)31-19)23-16-24-26(22-9-5-4-8-21(22)23)32-25-10-6-7-11-27(25,33-24)30-14-12-28(3)13-15-30/h4-5,8-9,16,19-20,25H,6-7,10-15,17-18H2,1-3H3. The van der Waals surface area contributed by atoms with Crippen LogP contribution in [0.5, 0.6) is 11.5 Å². The predicted molar refractivity (Wildman–Crippen MR) is 131 cm³/mol. The number of ether oxygens (including phenoxy) is 3. The SMILES string of the molecule is CC1CN(c2cc3c(c4ccccc24)OC2CCCCC2(N2CCN(C)CC2)O3)CC(C)O1. The van der Waals surface area contributed by atoms with E-state index in [1.807, 2.05) is 0 Å². The first-order chi connectivity index (χ1) is 16.0. The summed E-state index contributed by atoms with van der Waals surface area (Å²) in [5, 5.41) is 2.40. The molecule has 0 radical (unpaired) electrons. The van der Waals surface area contributed by atoms with Crippen LogP contribution in [0.15, 0.2) is 30.3 Å². The fraction of sp³-hybridized carbons (Fsp3) is 0.630. The smallest absolute Gasteiger partial charge is 0.200 e. The zero-order valence-electron chi connectivity index (χ0n) is 20.3. The first-order valence-electron chi connectivity index (χ1n) is 12.8. The fourth-order valence-electron chi connectivity index (χ4n) is 6.44. The number of morpholine rings is 1. The summed E-state index contributed by atoms with van der Waals surface area (Å²) in [5.41, 5.74) is 0.885. The maximum absolute atomic E-state index is 7.12. The lowest BCUT2D eigenvalue weighted by molar-refractivity contribution is -0.193. The Morgan fingerprint density at radius 2 is 1.67 bits per heavy atom. The molecule has 0 bridgehead atoms. The van der Waals surface area contributed by atoms with Crippen LogP contribution in [-0.2, 0) is 4.74 Å². The summed E-state index contributed by atoms with van der Waals surface area (Å²) in [6.45, 7) is 10.3. The van der Waals surface area contributed by atoms with Crippen LogP contribution in [0.2, 0.25) is 0 Å². The molecule has 1 saturated carbocycles. The number of anilines is 1. The van der Waals surface area contributed by atoms with Crippen LogP contribution < -0.4 is 14.4 Å². The van der Waals surface area contributed by atoms with Gasteiger partial charge in [0.2, 0.25) is 5.72 Å². The van der Waals surface area contributed by atoms with Gasteiger partial charge in [-0.15, -0.1) is 0 Å². The van der Waals surface area contributed by atoms with Crippen molar-refractivity contribution in [2.24, 2.45) is 0 Å². The van der Waals surface area contributed by atoms with Crippen LogP contribution in [0.4, 0.5) is 5.69 Å². The monoisotopic (exact) mass is 451 g/mol. The molecular weight excluding hydrogens is 414 g/mol. The van der Waals surface area contributed by atoms with Gasteiger partial charge in [0, 0.05) is 68.2 Å². The molecule has 178 valence electrons. The van der Waals surface area contributed by atoms with E-state index in [2.05, 4.69) is 65.9 Å². The van der Waals surface area contributed by atoms with Crippen molar-refractivity contribution in [2.45, 2.75) is 63.6 Å². The van der Waals surface area contributed by atoms with Crippen LogP contribution >= 0.6 is 0 Å². The van der Waals surface area contributed by atoms with E-state index in [0.29, 0.717) is 0 Å². The molecule has 6 heteroatoms. The summed E-state index contributed by atoms with van der Waals surface area (Å²) in [7, 11) is 2.21. The molecule has 3 aliphatic heterocycles. The third kappa shape index (κ3) is 3.67. The number of nitrogens with zero attached hydrogens (tertiary/aromatic N) is 3. The number of benzene rings is 2. The number of fused-ring (bicyclic) bond motifs is 4. The van der Waals surface area contributed by atoms with Gasteiger partial charge in [-0.3, -0.25) is 4.90 Å². The lowest BCUT2D eigenvalue weighted by Crippen LogP contribution is -2.68. The molecule has 6 nitrogen and oxygen atoms in total. The molecule has 3 fully saturated rings. The summed E-state index contributed by atoms with van der Waals surface area (Å²) in [5.74, 6) is 1.84. The van der Waals surface area contributed by atoms with Gasteiger partial charge in [-0.2, -0.15) is 0 Å². The van der Waals surface area contributed by atoms with Crippen LogP contribution in [0.25, 0.3) is 10.8 Å². The Kier molecular flexibility index (Phi) is 5.43. The Morgan fingerprint density at radius 1 is 0.939 bits per heavy atom. The number of hydrogen-bond donors (Lipinski definition) is 0. The predicted octanol–water partition coefficient (Wildman–Crippen LogP) is 4.11. The number of rotatable bonds is 2. The Morgan fingerprint density at radius 3 is 2.42 bits per heavy atom. The van der Waals surface area contributed by atoms with Crippen molar-refractivity contribution in [1.29, 1.82) is 0 Å². The molecule has 1 aliphatic carbocycles. The van der Waals surface area contributed by atoms with Crippen molar-refractivity contribution in [2.75, 3.05) is 51.2 Å². The molecule has 6 rings (SSSR count). The molecule has 2 aromatic rings. The highest BCUT2D eigenvalue weighted by molar-refractivity contribution is 6.00. The summed E-state index contributed by atoms with van der Waals surface area (Å²) in [6, 6.07) is 10.9. The lowest BCUT2D eigenvalue weighted by atomic mass is 9.85. The van der Waals surface area contributed by atoms with Gasteiger partial charge >= 0.3 is 0 Å². The number of hydrogen-bond acceptors (Lipinski definition) is 6. The van der Waals surface area contributed by atoms with E-state index in [4.69, 9.17) is 14.2 Å². The molecule has 3 heterocycles. The zero-order valence-corrected chi connectivity index (χ0v) is 20.3. The number of likely N-dealkylation sites (N-methyl/N-ethyl adjacent to an activating group) is 1. The summed E-state index contributed by atoms with van der Waals surface area (Å²) >= 11 is 0. The van der Waals surface area contributed by atoms with Crippen LogP contribution in [0.3, 0.4) is 0 Å². The first kappa shape index (κ1) is 21.5. The Bertz CT molecular complexity index is 1010. The quantitative estimate of drug-likeness (QED) is 0.684. The highest BCUT2D eigenvalue weighted by Gasteiger charge is 2.53. The molecule has 33 heavy (non-hydrogen) atoms. The van der Waals surface area contributed by atoms with Crippen molar-refractivity contribution >= 4 is 16.5 Å². The summed E-state index contributed by atoms with van der Waals surface area (Å²) in [4.78, 5) is 7.46. The molecule has 2 aromatic carbocycles. The average Bonchev–Trinajstić information content (AvgIpc) is 2.82. The second-order valence-corrected chi connectivity index (χ2v) is 10.5. The van der Waals surface area contributed by atoms with E-state index < -0.39 is 0 Å². The second kappa shape index (κ2) is 8.33. The van der Waals surface area contributed by atoms with E-state index in [0.717, 1.165) is 69.0 Å². The number of piperazine rings is 1. The first-order valence-corrected chi connectivity index (χ1v) is 12.8. The minimum absolute atomic E-state index is 0.0832. The maximum atomic E-state index is 7.12. The van der Waals surface area contributed by atoms with Gasteiger partial charge in [0.25, 0.3) is 0 Å². The normalized spacial score (nSPS) is 33.2. The van der Waals surface area contributed by atoms with Gasteiger partial charge in [-0.05, 0) is 40.2 Å². The van der Waals surface area contributed by atoms with Crippen molar-refractivity contribution in [3.8, 4) is 11.5 Å². The van der Waals surface area contributed by atoms with E-state index >= 15 is 0 Å². The van der Waals surface area contributed by atoms with Crippen LogP contribution in [0, 0.1) is 0 Å². The topological polar surface area (TPSA) is 37.4 Å². The molecule has 0 amide bonds. The molecule has 0 N–H and O–H groups in total. The fourth-order valence-corrected chi connectivity index (χ4v) is 6.44. The van der Waals surface area contributed by atoms with Gasteiger partial charge in [-0.1, -0.05) is 24.3 Å². The lowest BCUT2D eigenvalue weighted by Gasteiger charge is -2.54. The van der Waals surface area contributed by atoms with Crippen LogP contribution in [0.1, 0.15) is 39.5 Å². The summed E-state index contributed by atoms with van der Waals surface area (Å²) in [6.07, 6.45) is 4.99. The van der Waals surface area contributed by atoms with Gasteiger partial charge in [0.15, 0.2) is 17.6 Å². The van der Waals surface area contributed by atoms with E-state index in [1.54, 1.807) is 0 Å². The molecule has 4 unspecified atom stereocenters. The minimum atomic E-state index is -0.349. The van der Waals surface area contributed by atoms with E-state index in [-0.39, 0.29) is 24.0 Å². The molecule has 2 saturated heterocycles. The molecular formula is C27H37N3O3. The highest BCUT2D eigenvalue weighted by Crippen LogP contribution is 2.51. The third-order valence-electron chi connectivity index (χ3n) is 8.04. The van der Waals surface area contributed by atoms with Gasteiger partial charge in [-0.25, -0.2) is 0 Å². The molecule has 4 aliphatic rings. The molecule has 0 spiro atoms. The van der Waals surface area contributed by atoms with Crippen molar-refractivity contribution in [3.05, 3.63) is 30.3 Å². The van der Waals surface area contributed by atoms with Crippen molar-refractivity contribution in [1.82, 2.24) is 9.80 Å². The second-order valence-electron chi connectivity index (χ2n) is 10.5. The largest absolute Gasteiger partial charge is 0.480 e. The van der Waals surface area contributed by atoms with E-state index in [9.17, 15) is 0 Å². The van der Waals surface area contributed by atoms with Gasteiger partial charge < -0.3 is 24.0 Å². The Balaban J connectivity index is 1.44. The van der Waals surface area contributed by atoms with Gasteiger partial charge in [0.05, 0.1) is 12.2 Å². The van der Waals surface area contributed by atoms with Crippen LogP contribution in [-0.4, -0.2) is 80.2 Å². The molecule has 0 aromatic heterocycles. The van der Waals surface area contributed by atoms with E-state index in [1.165, 1.54) is 23.9 Å². The third-order valence-corrected chi connectivity index (χ3v) is 8.04. The Hall–Kier alpha value is -2.02. The van der Waals surface area contributed by atoms with Gasteiger partial charge in [0.1, 0.15) is 0 Å². The summed E-state index contributed by atoms with van der Waals surface area (Å²) < 4.78 is 20.0. The Labute approximate surface area is 197 Å². The molecule has 4 atom stereocenters. The van der Waals surface area contributed by atoms with Crippen molar-refractivity contribution < 1.29 is 14.2 Å². The zero-order chi connectivity index (χ0) is 22.6. The van der Waals surface area contributed by atoms with Crippen molar-refractivity contribution in [3.63, 3.8) is 0 Å². The highest BCUT2D eigenvalue weighted by atomic mass is 16.6. The average molecular weight is 452 g/mol. The maximum Gasteiger partial charge on any atom is 0.200 e. The minimum Gasteiger partial charge on any atom is -0.480 e.